The van der Waals surface area contributed by atoms with Gasteiger partial charge in [-0.2, -0.15) is 0 Å². The molecule has 1 unspecified atom stereocenters. The quantitative estimate of drug-likeness (QED) is 0.334. The minimum Gasteiger partial charge on any atom is -0.497 e. The minimum absolute atomic E-state index is 0.163. The van der Waals surface area contributed by atoms with Gasteiger partial charge in [-0.3, -0.25) is 0 Å². The zero-order chi connectivity index (χ0) is 22.8. The fourth-order valence-corrected chi connectivity index (χ4v) is 3.65. The predicted molar refractivity (Wildman–Crippen MR) is 125 cm³/mol. The molecule has 32 heavy (non-hydrogen) atoms. The largest absolute Gasteiger partial charge is 0.497 e. The number of aliphatic hydroxyl groups excluding tert-OH is 1. The Labute approximate surface area is 189 Å². The van der Waals surface area contributed by atoms with Crippen molar-refractivity contribution in [2.24, 2.45) is 0 Å². The second kappa shape index (κ2) is 11.5. The van der Waals surface area contributed by atoms with Crippen LogP contribution in [0.15, 0.2) is 91.5 Å². The highest BCUT2D eigenvalue weighted by molar-refractivity contribution is 5.49. The Morgan fingerprint density at radius 1 is 0.812 bits per heavy atom. The third-order valence-electron chi connectivity index (χ3n) is 5.31. The van der Waals surface area contributed by atoms with E-state index in [0.29, 0.717) is 6.61 Å². The molecule has 0 aliphatic heterocycles. The molecule has 3 rings (SSSR count). The van der Waals surface area contributed by atoms with E-state index in [1.165, 1.54) is 0 Å². The van der Waals surface area contributed by atoms with E-state index >= 15 is 0 Å². The molecule has 5 nitrogen and oxygen atoms in total. The van der Waals surface area contributed by atoms with E-state index in [1.807, 2.05) is 78.9 Å². The van der Waals surface area contributed by atoms with Gasteiger partial charge in [-0.15, -0.1) is 6.58 Å². The van der Waals surface area contributed by atoms with Crippen LogP contribution >= 0.6 is 0 Å². The minimum atomic E-state index is -0.940. The van der Waals surface area contributed by atoms with Gasteiger partial charge in [-0.1, -0.05) is 60.7 Å². The van der Waals surface area contributed by atoms with E-state index in [0.717, 1.165) is 28.2 Å². The highest BCUT2D eigenvalue weighted by Gasteiger charge is 2.38. The van der Waals surface area contributed by atoms with E-state index < -0.39 is 11.7 Å². The van der Waals surface area contributed by atoms with E-state index in [2.05, 4.69) is 6.58 Å². The molecule has 5 heteroatoms. The average molecular weight is 435 g/mol. The Balaban J connectivity index is 2.15. The number of ether oxygens (including phenoxy) is 4. The van der Waals surface area contributed by atoms with Crippen LogP contribution in [0.2, 0.25) is 0 Å². The van der Waals surface area contributed by atoms with Gasteiger partial charge < -0.3 is 24.1 Å². The van der Waals surface area contributed by atoms with Crippen molar-refractivity contribution in [1.29, 1.82) is 0 Å². The number of hydrogen-bond acceptors (Lipinski definition) is 5. The normalized spacial score (nSPS) is 12.2. The van der Waals surface area contributed by atoms with Crippen LogP contribution in [0.3, 0.4) is 0 Å². The molecule has 1 atom stereocenters. The Bertz CT molecular complexity index is 904. The van der Waals surface area contributed by atoms with Crippen LogP contribution in [-0.4, -0.2) is 45.3 Å². The van der Waals surface area contributed by atoms with Crippen LogP contribution in [0.4, 0.5) is 0 Å². The molecular formula is C27H30O5. The highest BCUT2D eigenvalue weighted by atomic mass is 16.5. The molecule has 0 bridgehead atoms. The molecular weight excluding hydrogens is 404 g/mol. The van der Waals surface area contributed by atoms with Crippen LogP contribution in [0, 0.1) is 0 Å². The number of aliphatic hydroxyl groups is 1. The summed E-state index contributed by atoms with van der Waals surface area (Å²) in [6.07, 6.45) is 1.16. The van der Waals surface area contributed by atoms with E-state index in [-0.39, 0.29) is 13.2 Å². The molecule has 0 aliphatic rings. The molecule has 3 aromatic rings. The zero-order valence-corrected chi connectivity index (χ0v) is 18.6. The molecule has 0 aliphatic carbocycles. The van der Waals surface area contributed by atoms with Gasteiger partial charge in [-0.25, -0.2) is 0 Å². The molecule has 0 radical (unpaired) electrons. The van der Waals surface area contributed by atoms with Crippen LogP contribution in [0.1, 0.15) is 16.7 Å². The Morgan fingerprint density at radius 2 is 1.31 bits per heavy atom. The van der Waals surface area contributed by atoms with Crippen molar-refractivity contribution in [1.82, 2.24) is 0 Å². The van der Waals surface area contributed by atoms with Crippen molar-refractivity contribution in [3.63, 3.8) is 0 Å². The molecule has 0 saturated carbocycles. The first-order valence-corrected chi connectivity index (χ1v) is 10.5. The topological polar surface area (TPSA) is 57.2 Å². The van der Waals surface area contributed by atoms with Crippen molar-refractivity contribution < 1.29 is 24.1 Å². The van der Waals surface area contributed by atoms with E-state index in [9.17, 15) is 5.11 Å². The molecule has 1 N–H and O–H groups in total. The highest BCUT2D eigenvalue weighted by Crippen LogP contribution is 2.41. The smallest absolute Gasteiger partial charge is 0.143 e. The van der Waals surface area contributed by atoms with Crippen LogP contribution < -0.4 is 9.47 Å². The summed E-state index contributed by atoms with van der Waals surface area (Å²) in [4.78, 5) is 0. The van der Waals surface area contributed by atoms with Crippen molar-refractivity contribution in [2.75, 3.05) is 34.0 Å². The van der Waals surface area contributed by atoms with E-state index in [4.69, 9.17) is 18.9 Å². The summed E-state index contributed by atoms with van der Waals surface area (Å²) < 4.78 is 23.1. The summed E-state index contributed by atoms with van der Waals surface area (Å²) >= 11 is 0. The van der Waals surface area contributed by atoms with Crippen molar-refractivity contribution in [2.45, 2.75) is 11.7 Å². The van der Waals surface area contributed by atoms with Gasteiger partial charge in [0, 0.05) is 0 Å². The first kappa shape index (κ1) is 23.5. The molecule has 0 heterocycles. The second-order valence-electron chi connectivity index (χ2n) is 7.24. The lowest BCUT2D eigenvalue weighted by molar-refractivity contribution is -0.0748. The van der Waals surface area contributed by atoms with E-state index in [1.54, 1.807) is 20.3 Å². The Hall–Kier alpha value is -3.12. The number of hydrogen-bond donors (Lipinski definition) is 1. The number of methoxy groups -OCH3 is 2. The molecule has 0 amide bonds. The maximum atomic E-state index is 9.83. The Morgan fingerprint density at radius 3 is 1.75 bits per heavy atom. The molecule has 168 valence electrons. The fourth-order valence-electron chi connectivity index (χ4n) is 3.65. The van der Waals surface area contributed by atoms with Crippen LogP contribution in [-0.2, 0) is 15.1 Å². The lowest BCUT2D eigenvalue weighted by Gasteiger charge is -2.37. The number of rotatable bonds is 12. The number of benzene rings is 3. The SMILES string of the molecule is C=CCOC(CO)COC(c1ccccc1)(c1ccc(OC)cc1)c1ccc(OC)cc1. The summed E-state index contributed by atoms with van der Waals surface area (Å²) in [5.41, 5.74) is 1.87. The van der Waals surface area contributed by atoms with Crippen molar-refractivity contribution in [3.8, 4) is 11.5 Å². The first-order valence-electron chi connectivity index (χ1n) is 10.5. The van der Waals surface area contributed by atoms with Crippen molar-refractivity contribution >= 4 is 0 Å². The van der Waals surface area contributed by atoms with Gasteiger partial charge in [0.05, 0.1) is 34.0 Å². The predicted octanol–water partition coefficient (Wildman–Crippen LogP) is 4.58. The summed E-state index contributed by atoms with van der Waals surface area (Å²) in [7, 11) is 3.28. The third kappa shape index (κ3) is 5.19. The van der Waals surface area contributed by atoms with Gasteiger partial charge in [0.1, 0.15) is 23.2 Å². The summed E-state index contributed by atoms with van der Waals surface area (Å²) in [6, 6.07) is 25.6. The summed E-state index contributed by atoms with van der Waals surface area (Å²) in [5, 5.41) is 9.83. The maximum Gasteiger partial charge on any atom is 0.143 e. The summed E-state index contributed by atoms with van der Waals surface area (Å²) in [5.74, 6) is 1.51. The fraction of sp³-hybridized carbons (Fsp3) is 0.259. The molecule has 0 aromatic heterocycles. The van der Waals surface area contributed by atoms with Crippen molar-refractivity contribution in [3.05, 3.63) is 108 Å². The molecule has 3 aromatic carbocycles. The third-order valence-corrected chi connectivity index (χ3v) is 5.31. The van der Waals surface area contributed by atoms with Crippen LogP contribution in [0.25, 0.3) is 0 Å². The standard InChI is InChI=1S/C27H30O5/c1-4-18-31-26(19-28)20-32-27(21-8-6-5-7-9-21,22-10-14-24(29-2)15-11-22)23-12-16-25(30-3)17-13-23/h4-17,26,28H,1,18-20H2,2-3H3. The van der Waals surface area contributed by atoms with Crippen LogP contribution in [0.5, 0.6) is 11.5 Å². The second-order valence-corrected chi connectivity index (χ2v) is 7.24. The lowest BCUT2D eigenvalue weighted by Crippen LogP contribution is -2.37. The molecule has 0 fully saturated rings. The lowest BCUT2D eigenvalue weighted by atomic mass is 9.80. The molecule has 0 spiro atoms. The zero-order valence-electron chi connectivity index (χ0n) is 18.6. The van der Waals surface area contributed by atoms with Gasteiger partial charge in [0.25, 0.3) is 0 Å². The monoisotopic (exact) mass is 434 g/mol. The average Bonchev–Trinajstić information content (AvgIpc) is 2.87. The van der Waals surface area contributed by atoms with Gasteiger partial charge >= 0.3 is 0 Å². The molecule has 0 saturated heterocycles. The Kier molecular flexibility index (Phi) is 8.45. The van der Waals surface area contributed by atoms with Gasteiger partial charge in [0.2, 0.25) is 0 Å². The van der Waals surface area contributed by atoms with Gasteiger partial charge in [-0.05, 0) is 41.0 Å². The summed E-state index contributed by atoms with van der Waals surface area (Å²) in [6.45, 7) is 4.03. The first-order chi connectivity index (χ1) is 15.7. The maximum absolute atomic E-state index is 9.83. The van der Waals surface area contributed by atoms with Gasteiger partial charge in [0.15, 0.2) is 0 Å².